The van der Waals surface area contributed by atoms with Crippen molar-refractivity contribution in [2.75, 3.05) is 17.7 Å². The number of carbonyl (C=O) groups is 2. The standard InChI is InChI=1S/C26H26N4O2S/c1-30-22-15-9-8-14-21(22)23(19-12-6-3-7-13-19)28-24(25(30)31)29-26(32)27-20(17-33)16-18-10-4-2-5-11-18/h2-15,20,24,33H,16-17H2,1H3,(H2,27,29,32). The van der Waals surface area contributed by atoms with E-state index in [2.05, 4.69) is 23.3 Å². The Morgan fingerprint density at radius 3 is 2.33 bits per heavy atom. The van der Waals surface area contributed by atoms with Crippen LogP contribution in [0.25, 0.3) is 0 Å². The maximum absolute atomic E-state index is 13.2. The number of likely N-dealkylation sites (N-methyl/N-ethyl adjacent to an activating group) is 1. The molecule has 4 rings (SSSR count). The first-order valence-corrected chi connectivity index (χ1v) is 11.4. The third-order valence-corrected chi connectivity index (χ3v) is 5.98. The Balaban J connectivity index is 1.58. The molecule has 0 radical (unpaired) electrons. The summed E-state index contributed by atoms with van der Waals surface area (Å²) in [5, 5.41) is 5.69. The number of aliphatic imine (C=N–C) groups is 1. The van der Waals surface area contributed by atoms with Gasteiger partial charge in [0, 0.05) is 30.0 Å². The quantitative estimate of drug-likeness (QED) is 0.493. The smallest absolute Gasteiger partial charge is 0.317 e. The third-order valence-electron chi connectivity index (χ3n) is 5.54. The molecule has 33 heavy (non-hydrogen) atoms. The molecule has 3 aromatic carbocycles. The van der Waals surface area contributed by atoms with Crippen LogP contribution in [0.2, 0.25) is 0 Å². The fourth-order valence-corrected chi connectivity index (χ4v) is 4.07. The van der Waals surface area contributed by atoms with Crippen molar-refractivity contribution >= 4 is 36.0 Å². The molecule has 2 atom stereocenters. The fraction of sp³-hybridized carbons (Fsp3) is 0.192. The van der Waals surface area contributed by atoms with Crippen molar-refractivity contribution in [1.29, 1.82) is 0 Å². The number of hydrogen-bond acceptors (Lipinski definition) is 4. The number of nitrogens with one attached hydrogen (secondary N) is 2. The Morgan fingerprint density at radius 2 is 1.64 bits per heavy atom. The first kappa shape index (κ1) is 22.6. The van der Waals surface area contributed by atoms with Crippen LogP contribution in [0.5, 0.6) is 0 Å². The number of rotatable bonds is 6. The lowest BCUT2D eigenvalue weighted by molar-refractivity contribution is -0.119. The van der Waals surface area contributed by atoms with Gasteiger partial charge in [-0.25, -0.2) is 9.79 Å². The van der Waals surface area contributed by atoms with Gasteiger partial charge >= 0.3 is 6.03 Å². The first-order valence-electron chi connectivity index (χ1n) is 10.8. The summed E-state index contributed by atoms with van der Waals surface area (Å²) in [5.74, 6) is 0.152. The second-order valence-corrected chi connectivity index (χ2v) is 8.21. The molecule has 1 aliphatic rings. The van der Waals surface area contributed by atoms with Gasteiger partial charge in [-0.15, -0.1) is 0 Å². The van der Waals surface area contributed by atoms with Crippen LogP contribution >= 0.6 is 12.6 Å². The Hall–Kier alpha value is -3.58. The number of benzene rings is 3. The van der Waals surface area contributed by atoms with E-state index in [4.69, 9.17) is 4.99 Å². The van der Waals surface area contributed by atoms with Gasteiger partial charge in [0.05, 0.1) is 11.4 Å². The van der Waals surface area contributed by atoms with Gasteiger partial charge in [0.1, 0.15) is 0 Å². The molecule has 6 nitrogen and oxygen atoms in total. The van der Waals surface area contributed by atoms with Gasteiger partial charge in [-0.1, -0.05) is 78.9 Å². The van der Waals surface area contributed by atoms with Crippen molar-refractivity contribution in [3.63, 3.8) is 0 Å². The summed E-state index contributed by atoms with van der Waals surface area (Å²) in [4.78, 5) is 32.3. The van der Waals surface area contributed by atoms with E-state index in [0.717, 1.165) is 22.4 Å². The van der Waals surface area contributed by atoms with Gasteiger partial charge in [-0.3, -0.25) is 4.79 Å². The molecule has 7 heteroatoms. The third kappa shape index (κ3) is 5.26. The van der Waals surface area contributed by atoms with E-state index in [1.807, 2.05) is 84.9 Å². The number of thiol groups is 1. The molecule has 0 bridgehead atoms. The number of benzodiazepines with no additional fused rings is 1. The van der Waals surface area contributed by atoms with Crippen LogP contribution in [0, 0.1) is 0 Å². The SMILES string of the molecule is CN1C(=O)C(NC(=O)NC(CS)Cc2ccccc2)N=C(c2ccccc2)c2ccccc21. The number of anilines is 1. The number of fused-ring (bicyclic) bond motifs is 1. The van der Waals surface area contributed by atoms with Crippen molar-refractivity contribution in [3.05, 3.63) is 102 Å². The molecule has 0 fully saturated rings. The molecule has 2 unspecified atom stereocenters. The molecule has 0 aromatic heterocycles. The second-order valence-electron chi connectivity index (χ2n) is 7.85. The minimum absolute atomic E-state index is 0.191. The lowest BCUT2D eigenvalue weighted by Gasteiger charge is -2.22. The van der Waals surface area contributed by atoms with E-state index in [0.29, 0.717) is 17.9 Å². The molecule has 168 valence electrons. The van der Waals surface area contributed by atoms with Gasteiger partial charge in [0.2, 0.25) is 6.17 Å². The molecule has 3 amide bonds. The largest absolute Gasteiger partial charge is 0.334 e. The van der Waals surface area contributed by atoms with Crippen LogP contribution in [0.15, 0.2) is 89.9 Å². The number of nitrogens with zero attached hydrogens (tertiary/aromatic N) is 2. The summed E-state index contributed by atoms with van der Waals surface area (Å²) in [5.41, 5.74) is 4.21. The number of urea groups is 1. The Morgan fingerprint density at radius 1 is 1.00 bits per heavy atom. The van der Waals surface area contributed by atoms with Crippen molar-refractivity contribution in [1.82, 2.24) is 10.6 Å². The molecular formula is C26H26N4O2S. The van der Waals surface area contributed by atoms with Crippen LogP contribution in [0.1, 0.15) is 16.7 Å². The molecule has 0 spiro atoms. The van der Waals surface area contributed by atoms with Gasteiger partial charge in [0.15, 0.2) is 0 Å². The molecule has 1 aliphatic heterocycles. The zero-order valence-electron chi connectivity index (χ0n) is 18.3. The highest BCUT2D eigenvalue weighted by Gasteiger charge is 2.31. The fourth-order valence-electron chi connectivity index (χ4n) is 3.85. The maximum Gasteiger partial charge on any atom is 0.317 e. The predicted molar refractivity (Wildman–Crippen MR) is 135 cm³/mol. The highest BCUT2D eigenvalue weighted by molar-refractivity contribution is 7.80. The van der Waals surface area contributed by atoms with Crippen molar-refractivity contribution < 1.29 is 9.59 Å². The number of amides is 3. The molecule has 2 N–H and O–H groups in total. The molecule has 0 saturated carbocycles. The minimum Gasteiger partial charge on any atom is -0.334 e. The van der Waals surface area contributed by atoms with Crippen LogP contribution < -0.4 is 15.5 Å². The van der Waals surface area contributed by atoms with Gasteiger partial charge in [-0.2, -0.15) is 12.6 Å². The normalized spacial score (nSPS) is 16.3. The Kier molecular flexibility index (Phi) is 7.10. The molecular weight excluding hydrogens is 432 g/mol. The summed E-state index contributed by atoms with van der Waals surface area (Å²) >= 11 is 4.39. The number of para-hydroxylation sites is 1. The lowest BCUT2D eigenvalue weighted by atomic mass is 10.0. The van der Waals surface area contributed by atoms with Gasteiger partial charge in [-0.05, 0) is 18.1 Å². The van der Waals surface area contributed by atoms with Gasteiger partial charge < -0.3 is 15.5 Å². The molecule has 0 aliphatic carbocycles. The zero-order valence-corrected chi connectivity index (χ0v) is 19.2. The summed E-state index contributed by atoms with van der Waals surface area (Å²) in [7, 11) is 1.70. The van der Waals surface area contributed by atoms with Crippen LogP contribution in [0.4, 0.5) is 10.5 Å². The highest BCUT2D eigenvalue weighted by atomic mass is 32.1. The first-order chi connectivity index (χ1) is 16.1. The van der Waals surface area contributed by atoms with E-state index < -0.39 is 12.2 Å². The molecule has 3 aromatic rings. The van der Waals surface area contributed by atoms with E-state index in [1.165, 1.54) is 0 Å². The second kappa shape index (κ2) is 10.4. The number of carbonyl (C=O) groups excluding carboxylic acids is 2. The topological polar surface area (TPSA) is 73.8 Å². The minimum atomic E-state index is -1.06. The zero-order chi connectivity index (χ0) is 23.2. The van der Waals surface area contributed by atoms with E-state index in [1.54, 1.807) is 11.9 Å². The maximum atomic E-state index is 13.2. The molecule has 0 saturated heterocycles. The summed E-state index contributed by atoms with van der Waals surface area (Å²) in [6.07, 6.45) is -0.421. The highest BCUT2D eigenvalue weighted by Crippen LogP contribution is 2.27. The summed E-state index contributed by atoms with van der Waals surface area (Å²) in [6.45, 7) is 0. The van der Waals surface area contributed by atoms with E-state index in [-0.39, 0.29) is 11.9 Å². The monoisotopic (exact) mass is 458 g/mol. The average Bonchev–Trinajstić information content (AvgIpc) is 2.95. The van der Waals surface area contributed by atoms with Crippen LogP contribution in [-0.4, -0.2) is 42.7 Å². The average molecular weight is 459 g/mol. The van der Waals surface area contributed by atoms with Crippen LogP contribution in [-0.2, 0) is 11.2 Å². The summed E-state index contributed by atoms with van der Waals surface area (Å²) < 4.78 is 0. The summed E-state index contributed by atoms with van der Waals surface area (Å²) in [6, 6.07) is 26.5. The van der Waals surface area contributed by atoms with E-state index >= 15 is 0 Å². The number of hydrogen-bond donors (Lipinski definition) is 3. The Bertz CT molecular complexity index is 1150. The van der Waals surface area contributed by atoms with E-state index in [9.17, 15) is 9.59 Å². The molecule has 1 heterocycles. The lowest BCUT2D eigenvalue weighted by Crippen LogP contribution is -2.52. The van der Waals surface area contributed by atoms with Crippen LogP contribution in [0.3, 0.4) is 0 Å². The van der Waals surface area contributed by atoms with Crippen molar-refractivity contribution in [3.8, 4) is 0 Å². The van der Waals surface area contributed by atoms with Crippen molar-refractivity contribution in [2.24, 2.45) is 4.99 Å². The predicted octanol–water partition coefficient (Wildman–Crippen LogP) is 3.67. The Labute approximate surface area is 199 Å². The van der Waals surface area contributed by atoms with Gasteiger partial charge in [0.25, 0.3) is 5.91 Å². The van der Waals surface area contributed by atoms with Crippen molar-refractivity contribution in [2.45, 2.75) is 18.6 Å².